The molecule has 9 nitrogen and oxygen atoms in total. The minimum atomic E-state index is -2.52. The van der Waals surface area contributed by atoms with Crippen LogP contribution in [0.4, 0.5) is 20.3 Å². The molecule has 0 bridgehead atoms. The van der Waals surface area contributed by atoms with E-state index < -0.39 is 21.7 Å². The number of nitrogens with zero attached hydrogens (tertiary/aromatic N) is 3. The highest BCUT2D eigenvalue weighted by Crippen LogP contribution is 2.39. The zero-order valence-electron chi connectivity index (χ0n) is 24.1. The van der Waals surface area contributed by atoms with Crippen LogP contribution in [0.3, 0.4) is 0 Å². The van der Waals surface area contributed by atoms with Crippen molar-refractivity contribution >= 4 is 49.2 Å². The Morgan fingerprint density at radius 3 is 2.65 bits per heavy atom. The van der Waals surface area contributed by atoms with Crippen LogP contribution in [0, 0.1) is 11.6 Å². The average molecular weight is 662 g/mol. The Morgan fingerprint density at radius 2 is 1.91 bits per heavy atom. The lowest BCUT2D eigenvalue weighted by molar-refractivity contribution is 0.0392. The summed E-state index contributed by atoms with van der Waals surface area (Å²) in [5, 5.41) is 7.19. The van der Waals surface area contributed by atoms with E-state index in [9.17, 15) is 12.8 Å². The Hall–Kier alpha value is -4.91. The highest BCUT2D eigenvalue weighted by Gasteiger charge is 2.38. The van der Waals surface area contributed by atoms with Crippen LogP contribution in [0.2, 0.25) is 5.02 Å². The molecule has 46 heavy (non-hydrogen) atoms. The summed E-state index contributed by atoms with van der Waals surface area (Å²) in [6, 6.07) is 19.1. The van der Waals surface area contributed by atoms with Gasteiger partial charge in [-0.05, 0) is 60.2 Å². The molecule has 13 heteroatoms. The highest BCUT2D eigenvalue weighted by atomic mass is 35.5. The first kappa shape index (κ1) is 31.1. The number of halogens is 3. The van der Waals surface area contributed by atoms with Crippen molar-refractivity contribution < 1.29 is 26.7 Å². The number of nitrogens with one attached hydrogen (secondary N) is 2. The van der Waals surface area contributed by atoms with Gasteiger partial charge in [-0.2, -0.15) is 8.42 Å². The molecule has 0 amide bonds. The highest BCUT2D eigenvalue weighted by molar-refractivity contribution is 7.73. The zero-order valence-corrected chi connectivity index (χ0v) is 25.7. The maximum atomic E-state index is 15.7. The molecule has 1 aliphatic heterocycles. The Morgan fingerprint density at radius 1 is 1.02 bits per heavy atom. The molecule has 6 rings (SSSR count). The Bertz CT molecular complexity index is 2060. The van der Waals surface area contributed by atoms with E-state index >= 15 is 4.39 Å². The first-order valence-corrected chi connectivity index (χ1v) is 15.6. The lowest BCUT2D eigenvalue weighted by atomic mass is 9.89. The summed E-state index contributed by atoms with van der Waals surface area (Å²) in [6.45, 7) is 0.199. The van der Waals surface area contributed by atoms with Crippen LogP contribution in [-0.2, 0) is 27.2 Å². The second-order valence-corrected chi connectivity index (χ2v) is 11.8. The van der Waals surface area contributed by atoms with Crippen molar-refractivity contribution in [3.05, 3.63) is 131 Å². The molecule has 1 aliphatic rings. The molecule has 1 atom stereocenters. The molecule has 2 N–H and O–H groups in total. The maximum Gasteiger partial charge on any atom is 0.220 e. The van der Waals surface area contributed by atoms with E-state index in [1.165, 1.54) is 37.0 Å². The monoisotopic (exact) mass is 661 g/mol. The number of benzene rings is 3. The van der Waals surface area contributed by atoms with Crippen LogP contribution in [0.25, 0.3) is 10.9 Å². The van der Waals surface area contributed by atoms with Crippen molar-refractivity contribution in [3.63, 3.8) is 0 Å². The Kier molecular flexibility index (Phi) is 9.20. The summed E-state index contributed by atoms with van der Waals surface area (Å²) in [6.07, 6.45) is 6.45. The van der Waals surface area contributed by atoms with E-state index in [2.05, 4.69) is 25.6 Å². The molecule has 0 fully saturated rings. The molecule has 0 spiro atoms. The van der Waals surface area contributed by atoms with Gasteiger partial charge in [0.15, 0.2) is 5.60 Å². The van der Waals surface area contributed by atoms with Gasteiger partial charge >= 0.3 is 0 Å². The molecule has 234 valence electrons. The predicted molar refractivity (Wildman–Crippen MR) is 172 cm³/mol. The van der Waals surface area contributed by atoms with Crippen LogP contribution in [0.15, 0.2) is 97.7 Å². The average Bonchev–Trinajstić information content (AvgIpc) is 3.52. The minimum Gasteiger partial charge on any atom is -0.489 e. The summed E-state index contributed by atoms with van der Waals surface area (Å²) in [5.74, 6) is -0.0721. The van der Waals surface area contributed by atoms with Gasteiger partial charge in [0.05, 0.1) is 22.5 Å². The van der Waals surface area contributed by atoms with Gasteiger partial charge in [0.25, 0.3) is 0 Å². The smallest absolute Gasteiger partial charge is 0.220 e. The number of hydrogen-bond donors (Lipinski definition) is 2. The van der Waals surface area contributed by atoms with Crippen LogP contribution in [0.5, 0.6) is 5.75 Å². The molecule has 5 aromatic rings. The third-order valence-corrected chi connectivity index (χ3v) is 8.43. The molecule has 0 saturated heterocycles. The SMILES string of the molecule is O=S(=O)=C(CNCC1(c2cc3c(Nc4ccc(OCc5cccc(F)c5)c(Cl)c4)ncnc3cc2F)CC=CO1)c1ccccn1. The second-order valence-electron chi connectivity index (χ2n) is 10.4. The first-order valence-electron chi connectivity index (χ1n) is 14.1. The number of fused-ring (bicyclic) bond motifs is 1. The molecular formula is C33H26ClF2N5O4S. The maximum absolute atomic E-state index is 15.7. The second kappa shape index (κ2) is 13.6. The van der Waals surface area contributed by atoms with Crippen molar-refractivity contribution in [1.29, 1.82) is 0 Å². The van der Waals surface area contributed by atoms with Crippen LogP contribution in [0.1, 0.15) is 23.2 Å². The first-order chi connectivity index (χ1) is 22.3. The Balaban J connectivity index is 1.23. The van der Waals surface area contributed by atoms with E-state index in [4.69, 9.17) is 21.1 Å². The molecule has 0 radical (unpaired) electrons. The lowest BCUT2D eigenvalue weighted by Crippen LogP contribution is -2.40. The van der Waals surface area contributed by atoms with Crippen molar-refractivity contribution in [2.45, 2.75) is 18.6 Å². The molecular weight excluding hydrogens is 636 g/mol. The fourth-order valence-corrected chi connectivity index (χ4v) is 5.88. The van der Waals surface area contributed by atoms with E-state index in [1.54, 1.807) is 60.7 Å². The number of aromatic nitrogens is 3. The van der Waals surface area contributed by atoms with Gasteiger partial charge in [-0.1, -0.05) is 29.8 Å². The number of hydrogen-bond acceptors (Lipinski definition) is 9. The molecule has 0 saturated carbocycles. The van der Waals surface area contributed by atoms with Crippen LogP contribution >= 0.6 is 11.6 Å². The van der Waals surface area contributed by atoms with Gasteiger partial charge in [0.1, 0.15) is 41.0 Å². The largest absolute Gasteiger partial charge is 0.489 e. The van der Waals surface area contributed by atoms with Gasteiger partial charge in [0.2, 0.25) is 10.3 Å². The van der Waals surface area contributed by atoms with E-state index in [0.717, 1.165) is 0 Å². The minimum absolute atomic E-state index is 0.0357. The summed E-state index contributed by atoms with van der Waals surface area (Å²) in [4.78, 5) is 12.8. The summed E-state index contributed by atoms with van der Waals surface area (Å²) < 4.78 is 64.8. The fraction of sp³-hybridized carbons (Fsp3) is 0.152. The van der Waals surface area contributed by atoms with Gasteiger partial charge < -0.3 is 20.1 Å². The topological polar surface area (TPSA) is 115 Å². The van der Waals surface area contributed by atoms with Crippen molar-refractivity contribution in [1.82, 2.24) is 20.3 Å². The third-order valence-electron chi connectivity index (χ3n) is 7.38. The quantitative estimate of drug-likeness (QED) is 0.128. The van der Waals surface area contributed by atoms with Crippen LogP contribution in [-0.4, -0.2) is 41.3 Å². The normalized spacial score (nSPS) is 15.5. The van der Waals surface area contributed by atoms with E-state index in [0.29, 0.717) is 50.9 Å². The molecule has 3 heterocycles. The van der Waals surface area contributed by atoms with Gasteiger partial charge in [0, 0.05) is 48.4 Å². The van der Waals surface area contributed by atoms with Gasteiger partial charge in [-0.15, -0.1) is 0 Å². The number of ether oxygens (including phenoxy) is 2. The number of anilines is 2. The molecule has 1 unspecified atom stereocenters. The summed E-state index contributed by atoms with van der Waals surface area (Å²) in [5.41, 5.74) is 1.02. The molecule has 0 aliphatic carbocycles. The van der Waals surface area contributed by atoms with Crippen LogP contribution < -0.4 is 15.4 Å². The Labute approximate surface area is 269 Å². The number of pyridine rings is 1. The van der Waals surface area contributed by atoms with Gasteiger partial charge in [-0.3, -0.25) is 4.98 Å². The van der Waals surface area contributed by atoms with Crippen molar-refractivity contribution in [2.75, 3.05) is 18.4 Å². The summed E-state index contributed by atoms with van der Waals surface area (Å²) in [7, 11) is -2.52. The van der Waals surface area contributed by atoms with Crippen molar-refractivity contribution in [2.24, 2.45) is 0 Å². The number of rotatable bonds is 11. The lowest BCUT2D eigenvalue weighted by Gasteiger charge is -2.30. The zero-order chi connectivity index (χ0) is 32.1. The van der Waals surface area contributed by atoms with E-state index in [-0.39, 0.29) is 35.9 Å². The fourth-order valence-electron chi connectivity index (χ4n) is 5.13. The predicted octanol–water partition coefficient (Wildman–Crippen LogP) is 6.10. The standard InChI is InChI=1S/C33H26ClF2N5O4S/c34-26-14-23(8-9-30(26)44-18-21-5-3-6-22(35)13-21)41-32-24-15-25(27(36)16-29(24)39-20-40-32)33(10-4-12-45-33)19-37-17-31(46(42)43)28-7-1-2-11-38-28/h1-9,11-16,20,37H,10,17-19H2,(H,39,40,41). The third kappa shape index (κ3) is 6.84. The summed E-state index contributed by atoms with van der Waals surface area (Å²) >= 11 is 6.49. The molecule has 2 aromatic heterocycles. The molecule has 3 aromatic carbocycles. The van der Waals surface area contributed by atoms with E-state index in [1.807, 2.05) is 0 Å². The van der Waals surface area contributed by atoms with Gasteiger partial charge in [-0.25, -0.2) is 18.7 Å². The van der Waals surface area contributed by atoms with Crippen molar-refractivity contribution in [3.8, 4) is 5.75 Å².